The monoisotopic (exact) mass is 408 g/mol. The molecular weight excluding hydrogens is 380 g/mol. The third kappa shape index (κ3) is 5.50. The molecule has 2 aromatic heterocycles. The fourth-order valence-corrected chi connectivity index (χ4v) is 2.91. The van der Waals surface area contributed by atoms with Crippen LogP contribution in [0.4, 0.5) is 0 Å². The largest absolute Gasteiger partial charge is 0.493 e. The minimum Gasteiger partial charge on any atom is -0.493 e. The minimum atomic E-state index is -0.0702. The molecule has 0 radical (unpaired) electrons. The summed E-state index contributed by atoms with van der Waals surface area (Å²) in [5.41, 5.74) is 1.05. The van der Waals surface area contributed by atoms with Crippen molar-refractivity contribution < 1.29 is 9.47 Å². The number of pyridine rings is 1. The first-order valence-electron chi connectivity index (χ1n) is 9.80. The van der Waals surface area contributed by atoms with E-state index in [2.05, 4.69) is 25.6 Å². The van der Waals surface area contributed by atoms with Gasteiger partial charge in [-0.05, 0) is 37.6 Å². The number of ether oxygens (including phenoxy) is 2. The molecule has 0 fully saturated rings. The maximum Gasteiger partial charge on any atom is 0.191 e. The highest BCUT2D eigenvalue weighted by molar-refractivity contribution is 5.79. The van der Waals surface area contributed by atoms with Gasteiger partial charge in [0.05, 0.1) is 13.7 Å². The first kappa shape index (κ1) is 21.2. The molecule has 3 aromatic rings. The Labute approximate surface area is 177 Å². The fraction of sp³-hybridized carbons (Fsp3) is 0.318. The van der Waals surface area contributed by atoms with Crippen LogP contribution in [-0.4, -0.2) is 47.3 Å². The SMILES string of the molecule is CN=C(NCc1ccc(-n2ccnc2C)nc1)NCC(C)Oc1ccccc1OC. The number of aliphatic imine (C=N–C) groups is 1. The van der Waals surface area contributed by atoms with Crippen LogP contribution >= 0.6 is 0 Å². The maximum absolute atomic E-state index is 5.96. The van der Waals surface area contributed by atoms with Crippen LogP contribution < -0.4 is 20.1 Å². The van der Waals surface area contributed by atoms with Crippen molar-refractivity contribution in [3.63, 3.8) is 0 Å². The van der Waals surface area contributed by atoms with Crippen molar-refractivity contribution in [2.75, 3.05) is 20.7 Å². The first-order chi connectivity index (χ1) is 14.6. The smallest absolute Gasteiger partial charge is 0.191 e. The molecule has 0 bridgehead atoms. The van der Waals surface area contributed by atoms with Gasteiger partial charge in [0.15, 0.2) is 17.5 Å². The Bertz CT molecular complexity index is 968. The van der Waals surface area contributed by atoms with Crippen LogP contribution in [0.3, 0.4) is 0 Å². The molecule has 0 saturated carbocycles. The summed E-state index contributed by atoms with van der Waals surface area (Å²) in [7, 11) is 3.37. The van der Waals surface area contributed by atoms with Gasteiger partial charge < -0.3 is 20.1 Å². The Morgan fingerprint density at radius 1 is 1.13 bits per heavy atom. The quantitative estimate of drug-likeness (QED) is 0.440. The van der Waals surface area contributed by atoms with Crippen molar-refractivity contribution in [2.45, 2.75) is 26.5 Å². The zero-order chi connectivity index (χ0) is 21.3. The van der Waals surface area contributed by atoms with Crippen molar-refractivity contribution in [1.82, 2.24) is 25.2 Å². The van der Waals surface area contributed by atoms with E-state index in [9.17, 15) is 0 Å². The summed E-state index contributed by atoms with van der Waals surface area (Å²) in [5.74, 6) is 3.88. The zero-order valence-electron chi connectivity index (χ0n) is 17.8. The molecule has 158 valence electrons. The van der Waals surface area contributed by atoms with Gasteiger partial charge in [-0.15, -0.1) is 0 Å². The zero-order valence-corrected chi connectivity index (χ0v) is 17.8. The van der Waals surface area contributed by atoms with Gasteiger partial charge in [0.25, 0.3) is 0 Å². The number of para-hydroxylation sites is 2. The van der Waals surface area contributed by atoms with Crippen LogP contribution in [0.5, 0.6) is 11.5 Å². The predicted octanol–water partition coefficient (Wildman–Crippen LogP) is 2.72. The standard InChI is InChI=1S/C22H28N6O2/c1-16(30-20-8-6-5-7-19(20)29-4)13-26-22(23-3)27-15-18-9-10-21(25-14-18)28-12-11-24-17(28)2/h5-12,14,16H,13,15H2,1-4H3,(H2,23,26,27). The Morgan fingerprint density at radius 3 is 2.57 bits per heavy atom. The molecule has 1 atom stereocenters. The van der Waals surface area contributed by atoms with Gasteiger partial charge in [-0.25, -0.2) is 9.97 Å². The highest BCUT2D eigenvalue weighted by atomic mass is 16.5. The lowest BCUT2D eigenvalue weighted by Gasteiger charge is -2.19. The lowest BCUT2D eigenvalue weighted by molar-refractivity contribution is 0.213. The molecule has 2 N–H and O–H groups in total. The molecule has 8 heteroatoms. The molecule has 30 heavy (non-hydrogen) atoms. The van der Waals surface area contributed by atoms with E-state index >= 15 is 0 Å². The summed E-state index contributed by atoms with van der Waals surface area (Å²) >= 11 is 0. The third-order valence-corrected chi connectivity index (χ3v) is 4.52. The summed E-state index contributed by atoms with van der Waals surface area (Å²) in [6.45, 7) is 5.14. The number of rotatable bonds is 8. The van der Waals surface area contributed by atoms with Crippen LogP contribution in [0.25, 0.3) is 5.82 Å². The van der Waals surface area contributed by atoms with E-state index in [0.717, 1.165) is 23.0 Å². The lowest BCUT2D eigenvalue weighted by Crippen LogP contribution is -2.41. The molecular formula is C22H28N6O2. The number of hydrogen-bond acceptors (Lipinski definition) is 5. The van der Waals surface area contributed by atoms with Gasteiger partial charge in [-0.2, -0.15) is 0 Å². The van der Waals surface area contributed by atoms with Crippen LogP contribution in [0.2, 0.25) is 0 Å². The van der Waals surface area contributed by atoms with Gasteiger partial charge in [0.2, 0.25) is 0 Å². The number of aromatic nitrogens is 3. The second kappa shape index (κ2) is 10.3. The molecule has 2 heterocycles. The highest BCUT2D eigenvalue weighted by Crippen LogP contribution is 2.26. The Kier molecular flexibility index (Phi) is 7.26. The number of methoxy groups -OCH3 is 1. The van der Waals surface area contributed by atoms with Crippen molar-refractivity contribution in [3.05, 3.63) is 66.4 Å². The van der Waals surface area contributed by atoms with Crippen molar-refractivity contribution in [3.8, 4) is 17.3 Å². The van der Waals surface area contributed by atoms with E-state index in [1.165, 1.54) is 0 Å². The number of aryl methyl sites for hydroxylation is 1. The van der Waals surface area contributed by atoms with Crippen molar-refractivity contribution in [2.24, 2.45) is 4.99 Å². The molecule has 0 aliphatic heterocycles. The summed E-state index contributed by atoms with van der Waals surface area (Å²) < 4.78 is 13.2. The Hall–Kier alpha value is -3.55. The van der Waals surface area contributed by atoms with Gasteiger partial charge in [-0.1, -0.05) is 18.2 Å². The van der Waals surface area contributed by atoms with E-state index < -0.39 is 0 Å². The van der Waals surface area contributed by atoms with E-state index in [0.29, 0.717) is 24.8 Å². The highest BCUT2D eigenvalue weighted by Gasteiger charge is 2.09. The Morgan fingerprint density at radius 2 is 1.93 bits per heavy atom. The average molecular weight is 409 g/mol. The number of imidazole rings is 1. The van der Waals surface area contributed by atoms with Crippen LogP contribution in [0.1, 0.15) is 18.3 Å². The van der Waals surface area contributed by atoms with E-state index in [1.54, 1.807) is 20.4 Å². The predicted molar refractivity (Wildman–Crippen MR) is 117 cm³/mol. The average Bonchev–Trinajstić information content (AvgIpc) is 3.20. The summed E-state index contributed by atoms with van der Waals surface area (Å²) in [6.07, 6.45) is 5.44. The number of guanidine groups is 1. The van der Waals surface area contributed by atoms with E-state index in [1.807, 2.05) is 67.2 Å². The van der Waals surface area contributed by atoms with Gasteiger partial charge in [0, 0.05) is 32.2 Å². The molecule has 0 aliphatic carbocycles. The van der Waals surface area contributed by atoms with Gasteiger partial charge >= 0.3 is 0 Å². The van der Waals surface area contributed by atoms with Crippen molar-refractivity contribution in [1.29, 1.82) is 0 Å². The molecule has 1 aromatic carbocycles. The summed E-state index contributed by atoms with van der Waals surface area (Å²) in [5, 5.41) is 6.57. The fourth-order valence-electron chi connectivity index (χ4n) is 2.91. The number of benzene rings is 1. The molecule has 0 spiro atoms. The van der Waals surface area contributed by atoms with Crippen LogP contribution in [0.15, 0.2) is 60.0 Å². The number of nitrogens with one attached hydrogen (secondary N) is 2. The molecule has 1 unspecified atom stereocenters. The summed E-state index contributed by atoms with van der Waals surface area (Å²) in [6, 6.07) is 11.6. The van der Waals surface area contributed by atoms with Gasteiger partial charge in [0.1, 0.15) is 17.7 Å². The normalized spacial score (nSPS) is 12.3. The first-order valence-corrected chi connectivity index (χ1v) is 9.80. The van der Waals surface area contributed by atoms with Crippen LogP contribution in [-0.2, 0) is 6.54 Å². The summed E-state index contributed by atoms with van der Waals surface area (Å²) in [4.78, 5) is 13.0. The lowest BCUT2D eigenvalue weighted by atomic mass is 10.3. The second-order valence-corrected chi connectivity index (χ2v) is 6.76. The topological polar surface area (TPSA) is 85.6 Å². The molecule has 0 aliphatic rings. The molecule has 3 rings (SSSR count). The van der Waals surface area contributed by atoms with Gasteiger partial charge in [-0.3, -0.25) is 9.56 Å². The Balaban J connectivity index is 1.48. The van der Waals surface area contributed by atoms with Crippen LogP contribution in [0, 0.1) is 6.92 Å². The minimum absolute atomic E-state index is 0.0702. The third-order valence-electron chi connectivity index (χ3n) is 4.52. The number of hydrogen-bond donors (Lipinski definition) is 2. The second-order valence-electron chi connectivity index (χ2n) is 6.76. The molecule has 8 nitrogen and oxygen atoms in total. The van der Waals surface area contributed by atoms with E-state index in [4.69, 9.17) is 9.47 Å². The van der Waals surface area contributed by atoms with Crippen molar-refractivity contribution >= 4 is 5.96 Å². The number of nitrogens with zero attached hydrogens (tertiary/aromatic N) is 4. The van der Waals surface area contributed by atoms with E-state index in [-0.39, 0.29) is 6.10 Å². The molecule has 0 saturated heterocycles. The maximum atomic E-state index is 5.96. The molecule has 0 amide bonds.